The molecule has 0 unspecified atom stereocenters. The minimum atomic E-state index is -4.40. The van der Waals surface area contributed by atoms with E-state index in [4.69, 9.17) is 5.14 Å². The zero-order valence-electron chi connectivity index (χ0n) is 9.58. The standard InChI is InChI=1S/C10H11FN2O4S2/c1-2-3-7-18(14,15)13-9-6-4-5-8(11)10(9)19(12,16)17/h2-7,13H,1H2,(H2,12,16,17)/b7-3+. The fourth-order valence-corrected chi connectivity index (χ4v) is 2.92. The van der Waals surface area contributed by atoms with Crippen molar-refractivity contribution < 1.29 is 21.2 Å². The summed E-state index contributed by atoms with van der Waals surface area (Å²) in [5.74, 6) is -1.14. The van der Waals surface area contributed by atoms with E-state index in [0.717, 1.165) is 29.7 Å². The van der Waals surface area contributed by atoms with Gasteiger partial charge >= 0.3 is 0 Å². The van der Waals surface area contributed by atoms with Crippen molar-refractivity contribution in [3.8, 4) is 0 Å². The number of benzene rings is 1. The summed E-state index contributed by atoms with van der Waals surface area (Å²) >= 11 is 0. The van der Waals surface area contributed by atoms with E-state index < -0.39 is 36.4 Å². The highest BCUT2D eigenvalue weighted by Gasteiger charge is 2.21. The van der Waals surface area contributed by atoms with Gasteiger partial charge in [0, 0.05) is 0 Å². The third-order valence-electron chi connectivity index (χ3n) is 1.90. The van der Waals surface area contributed by atoms with Crippen molar-refractivity contribution in [2.75, 3.05) is 4.72 Å². The molecule has 19 heavy (non-hydrogen) atoms. The summed E-state index contributed by atoms with van der Waals surface area (Å²) in [5, 5.41) is 5.59. The molecule has 0 atom stereocenters. The average Bonchev–Trinajstić information content (AvgIpc) is 2.24. The summed E-state index contributed by atoms with van der Waals surface area (Å²) in [4.78, 5) is -0.912. The Morgan fingerprint density at radius 3 is 2.42 bits per heavy atom. The second kappa shape index (κ2) is 5.51. The Morgan fingerprint density at radius 2 is 1.89 bits per heavy atom. The van der Waals surface area contributed by atoms with Crippen LogP contribution in [0.25, 0.3) is 0 Å². The van der Waals surface area contributed by atoms with Gasteiger partial charge in [0.1, 0.15) is 10.7 Å². The Kier molecular flexibility index (Phi) is 4.45. The van der Waals surface area contributed by atoms with E-state index in [1.165, 1.54) is 6.08 Å². The molecule has 0 aliphatic carbocycles. The first-order chi connectivity index (χ1) is 8.67. The highest BCUT2D eigenvalue weighted by atomic mass is 32.2. The van der Waals surface area contributed by atoms with Crippen molar-refractivity contribution in [2.45, 2.75) is 4.90 Å². The summed E-state index contributed by atoms with van der Waals surface area (Å²) < 4.78 is 60.9. The predicted octanol–water partition coefficient (Wildman–Crippen LogP) is 0.915. The number of hydrogen-bond donors (Lipinski definition) is 2. The molecule has 1 rings (SSSR count). The molecule has 0 heterocycles. The van der Waals surface area contributed by atoms with Gasteiger partial charge in [0.2, 0.25) is 10.0 Å². The first-order valence-electron chi connectivity index (χ1n) is 4.80. The predicted molar refractivity (Wildman–Crippen MR) is 69.7 cm³/mol. The summed E-state index contributed by atoms with van der Waals surface area (Å²) in [5.41, 5.74) is -0.462. The topological polar surface area (TPSA) is 106 Å². The molecule has 6 nitrogen and oxygen atoms in total. The molecule has 0 saturated heterocycles. The van der Waals surface area contributed by atoms with Gasteiger partial charge in [-0.05, 0) is 18.2 Å². The first-order valence-corrected chi connectivity index (χ1v) is 7.90. The molecular weight excluding hydrogens is 295 g/mol. The maximum Gasteiger partial charge on any atom is 0.255 e. The normalized spacial score (nSPS) is 12.5. The number of anilines is 1. The number of primary sulfonamides is 1. The number of sulfonamides is 2. The Balaban J connectivity index is 3.35. The summed E-state index contributed by atoms with van der Waals surface area (Å²) in [6, 6.07) is 3.10. The smallest absolute Gasteiger partial charge is 0.255 e. The van der Waals surface area contributed by atoms with Crippen LogP contribution in [-0.4, -0.2) is 16.8 Å². The van der Waals surface area contributed by atoms with Gasteiger partial charge in [-0.1, -0.05) is 18.7 Å². The number of allylic oxidation sites excluding steroid dienone is 2. The van der Waals surface area contributed by atoms with Gasteiger partial charge in [-0.15, -0.1) is 0 Å². The number of nitrogens with one attached hydrogen (secondary N) is 1. The van der Waals surface area contributed by atoms with E-state index >= 15 is 0 Å². The van der Waals surface area contributed by atoms with Crippen molar-refractivity contribution >= 4 is 25.7 Å². The number of rotatable bonds is 5. The van der Waals surface area contributed by atoms with E-state index in [0.29, 0.717) is 0 Å². The maximum atomic E-state index is 13.4. The van der Waals surface area contributed by atoms with Gasteiger partial charge in [-0.25, -0.2) is 26.4 Å². The summed E-state index contributed by atoms with van der Waals surface area (Å²) in [6.07, 6.45) is 2.34. The minimum Gasteiger partial charge on any atom is -0.279 e. The third kappa shape index (κ3) is 4.16. The average molecular weight is 306 g/mol. The fraction of sp³-hybridized carbons (Fsp3) is 0. The Morgan fingerprint density at radius 1 is 1.26 bits per heavy atom. The third-order valence-corrected chi connectivity index (χ3v) is 3.90. The lowest BCUT2D eigenvalue weighted by atomic mass is 10.3. The zero-order chi connectivity index (χ0) is 14.7. The molecule has 9 heteroatoms. The zero-order valence-corrected chi connectivity index (χ0v) is 11.2. The Labute approximate surface area is 110 Å². The maximum absolute atomic E-state index is 13.4. The SMILES string of the molecule is C=C/C=C/S(=O)(=O)Nc1cccc(F)c1S(N)(=O)=O. The van der Waals surface area contributed by atoms with Crippen molar-refractivity contribution in [1.82, 2.24) is 0 Å². The van der Waals surface area contributed by atoms with E-state index in [-0.39, 0.29) is 0 Å². The van der Waals surface area contributed by atoms with Gasteiger partial charge in [0.25, 0.3) is 10.0 Å². The largest absolute Gasteiger partial charge is 0.279 e. The van der Waals surface area contributed by atoms with Gasteiger partial charge in [-0.3, -0.25) is 4.72 Å². The van der Waals surface area contributed by atoms with Crippen LogP contribution in [0.3, 0.4) is 0 Å². The Hall–Kier alpha value is -1.71. The highest BCUT2D eigenvalue weighted by Crippen LogP contribution is 2.24. The molecule has 0 aromatic heterocycles. The van der Waals surface area contributed by atoms with E-state index in [1.54, 1.807) is 0 Å². The van der Waals surface area contributed by atoms with Gasteiger partial charge < -0.3 is 0 Å². The van der Waals surface area contributed by atoms with E-state index in [1.807, 2.05) is 4.72 Å². The van der Waals surface area contributed by atoms with Crippen molar-refractivity contribution in [3.63, 3.8) is 0 Å². The molecule has 0 saturated carbocycles. The van der Waals surface area contributed by atoms with Crippen LogP contribution in [0, 0.1) is 5.82 Å². The van der Waals surface area contributed by atoms with Gasteiger partial charge in [0.05, 0.1) is 11.1 Å². The molecule has 0 aliphatic rings. The molecule has 0 aliphatic heterocycles. The number of nitrogens with two attached hydrogens (primary N) is 1. The number of hydrogen-bond acceptors (Lipinski definition) is 4. The second-order valence-corrected chi connectivity index (χ2v) is 6.44. The van der Waals surface area contributed by atoms with Crippen LogP contribution in [0.1, 0.15) is 0 Å². The first kappa shape index (κ1) is 15.3. The molecule has 0 bridgehead atoms. The van der Waals surface area contributed by atoms with Crippen molar-refractivity contribution in [3.05, 3.63) is 48.2 Å². The molecule has 1 aromatic carbocycles. The van der Waals surface area contributed by atoms with Crippen LogP contribution in [0.2, 0.25) is 0 Å². The fourth-order valence-electron chi connectivity index (χ4n) is 1.22. The van der Waals surface area contributed by atoms with Crippen molar-refractivity contribution in [1.29, 1.82) is 0 Å². The van der Waals surface area contributed by atoms with Gasteiger partial charge in [-0.2, -0.15) is 0 Å². The van der Waals surface area contributed by atoms with E-state index in [2.05, 4.69) is 6.58 Å². The van der Waals surface area contributed by atoms with Crippen LogP contribution in [0.4, 0.5) is 10.1 Å². The monoisotopic (exact) mass is 306 g/mol. The van der Waals surface area contributed by atoms with Crippen molar-refractivity contribution in [2.24, 2.45) is 5.14 Å². The summed E-state index contributed by atoms with van der Waals surface area (Å²) in [6.45, 7) is 3.29. The van der Waals surface area contributed by atoms with Crippen LogP contribution < -0.4 is 9.86 Å². The lowest BCUT2D eigenvalue weighted by Gasteiger charge is -2.09. The molecule has 3 N–H and O–H groups in total. The molecule has 0 amide bonds. The molecule has 104 valence electrons. The molecule has 0 spiro atoms. The molecule has 0 radical (unpaired) electrons. The lowest BCUT2D eigenvalue weighted by Crippen LogP contribution is -2.19. The molecular formula is C10H11FN2O4S2. The van der Waals surface area contributed by atoms with Crippen LogP contribution in [0.15, 0.2) is 47.2 Å². The van der Waals surface area contributed by atoms with Crippen LogP contribution >= 0.6 is 0 Å². The quantitative estimate of drug-likeness (QED) is 0.789. The lowest BCUT2D eigenvalue weighted by molar-refractivity contribution is 0.569. The minimum absolute atomic E-state index is 0.462. The molecule has 0 fully saturated rings. The van der Waals surface area contributed by atoms with E-state index in [9.17, 15) is 21.2 Å². The Bertz CT molecular complexity index is 724. The van der Waals surface area contributed by atoms with Crippen LogP contribution in [0.5, 0.6) is 0 Å². The number of halogens is 1. The molecule has 1 aromatic rings. The van der Waals surface area contributed by atoms with Gasteiger partial charge in [0.15, 0.2) is 0 Å². The second-order valence-electron chi connectivity index (χ2n) is 3.37. The summed E-state index contributed by atoms with van der Waals surface area (Å²) in [7, 11) is -8.39. The van der Waals surface area contributed by atoms with Crippen LogP contribution in [-0.2, 0) is 20.0 Å². The highest BCUT2D eigenvalue weighted by molar-refractivity contribution is 7.95.